The summed E-state index contributed by atoms with van der Waals surface area (Å²) in [5, 5.41) is 5.52. The summed E-state index contributed by atoms with van der Waals surface area (Å²) in [7, 11) is 0. The fourth-order valence-electron chi connectivity index (χ4n) is 1.40. The molecule has 0 bridgehead atoms. The predicted molar refractivity (Wildman–Crippen MR) is 67.7 cm³/mol. The molecule has 0 fully saturated rings. The van der Waals surface area contributed by atoms with Gasteiger partial charge in [0.05, 0.1) is 5.39 Å². The van der Waals surface area contributed by atoms with Crippen LogP contribution in [0.2, 0.25) is 0 Å². The second kappa shape index (κ2) is 5.90. The third kappa shape index (κ3) is 3.04. The first-order valence-electron chi connectivity index (χ1n) is 5.60. The number of nitrogens with zero attached hydrogens (tertiary/aromatic N) is 2. The highest BCUT2D eigenvalue weighted by Gasteiger charge is 2.12. The molecule has 1 N–H and O–H groups in total. The Morgan fingerprint density at radius 3 is 3.00 bits per heavy atom. The van der Waals surface area contributed by atoms with Gasteiger partial charge < -0.3 is 10.1 Å². The molecule has 0 saturated carbocycles. The van der Waals surface area contributed by atoms with E-state index in [1.165, 1.54) is 11.3 Å². The minimum Gasteiger partial charge on any atom is -0.471 e. The normalized spacial score (nSPS) is 11.1. The SMILES string of the molecule is CCCNc1nc(OCC(F)F)c2ccsc2n1. The molecule has 18 heavy (non-hydrogen) atoms. The molecule has 0 radical (unpaired) electrons. The van der Waals surface area contributed by atoms with E-state index < -0.39 is 13.0 Å². The van der Waals surface area contributed by atoms with Crippen molar-refractivity contribution in [1.82, 2.24) is 9.97 Å². The predicted octanol–water partition coefficient (Wildman–Crippen LogP) is 3.16. The van der Waals surface area contributed by atoms with E-state index in [0.29, 0.717) is 11.3 Å². The Balaban J connectivity index is 2.26. The van der Waals surface area contributed by atoms with E-state index in [4.69, 9.17) is 4.74 Å². The molecular weight excluding hydrogens is 260 g/mol. The number of nitrogens with one attached hydrogen (secondary N) is 1. The van der Waals surface area contributed by atoms with Crippen LogP contribution < -0.4 is 10.1 Å². The van der Waals surface area contributed by atoms with Crippen molar-refractivity contribution in [2.75, 3.05) is 18.5 Å². The number of thiophene rings is 1. The molecule has 2 aromatic rings. The number of halogens is 2. The second-order valence-electron chi connectivity index (χ2n) is 3.62. The summed E-state index contributed by atoms with van der Waals surface area (Å²) in [6.07, 6.45) is -1.58. The van der Waals surface area contributed by atoms with Crippen LogP contribution in [0.1, 0.15) is 13.3 Å². The highest BCUT2D eigenvalue weighted by Crippen LogP contribution is 2.28. The number of aromatic nitrogens is 2. The first kappa shape index (κ1) is 12.9. The molecule has 0 aliphatic heterocycles. The number of fused-ring (bicyclic) bond motifs is 1. The van der Waals surface area contributed by atoms with Crippen LogP contribution in [0.3, 0.4) is 0 Å². The Kier molecular flexibility index (Phi) is 4.24. The van der Waals surface area contributed by atoms with Crippen LogP contribution in [0.4, 0.5) is 14.7 Å². The number of hydrogen-bond donors (Lipinski definition) is 1. The Hall–Kier alpha value is -1.50. The first-order valence-corrected chi connectivity index (χ1v) is 6.48. The first-order chi connectivity index (χ1) is 8.70. The van der Waals surface area contributed by atoms with Gasteiger partial charge in [0, 0.05) is 6.54 Å². The van der Waals surface area contributed by atoms with Gasteiger partial charge in [0.2, 0.25) is 11.8 Å². The van der Waals surface area contributed by atoms with Gasteiger partial charge in [-0.25, -0.2) is 13.8 Å². The zero-order valence-corrected chi connectivity index (χ0v) is 10.6. The molecule has 98 valence electrons. The van der Waals surface area contributed by atoms with Crippen molar-refractivity contribution in [2.45, 2.75) is 19.8 Å². The lowest BCUT2D eigenvalue weighted by atomic mass is 10.4. The molecule has 0 aliphatic rings. The zero-order chi connectivity index (χ0) is 13.0. The van der Waals surface area contributed by atoms with Crippen molar-refractivity contribution in [3.05, 3.63) is 11.4 Å². The van der Waals surface area contributed by atoms with Crippen molar-refractivity contribution in [2.24, 2.45) is 0 Å². The monoisotopic (exact) mass is 273 g/mol. The van der Waals surface area contributed by atoms with Gasteiger partial charge in [-0.15, -0.1) is 11.3 Å². The van der Waals surface area contributed by atoms with Gasteiger partial charge >= 0.3 is 0 Å². The van der Waals surface area contributed by atoms with Crippen molar-refractivity contribution in [1.29, 1.82) is 0 Å². The minimum atomic E-state index is -2.51. The van der Waals surface area contributed by atoms with Crippen molar-refractivity contribution < 1.29 is 13.5 Å². The fourth-order valence-corrected chi connectivity index (χ4v) is 2.15. The summed E-state index contributed by atoms with van der Waals surface area (Å²) in [5.74, 6) is 0.621. The number of rotatable bonds is 6. The van der Waals surface area contributed by atoms with Crippen molar-refractivity contribution >= 4 is 27.5 Å². The average Bonchev–Trinajstić information content (AvgIpc) is 2.81. The van der Waals surface area contributed by atoms with E-state index in [-0.39, 0.29) is 5.88 Å². The Labute approximate surface area is 107 Å². The summed E-state index contributed by atoms with van der Waals surface area (Å²) in [4.78, 5) is 9.13. The van der Waals surface area contributed by atoms with Gasteiger partial charge in [-0.05, 0) is 17.9 Å². The highest BCUT2D eigenvalue weighted by atomic mass is 32.1. The highest BCUT2D eigenvalue weighted by molar-refractivity contribution is 7.16. The molecule has 0 aliphatic carbocycles. The molecule has 0 atom stereocenters. The zero-order valence-electron chi connectivity index (χ0n) is 9.82. The van der Waals surface area contributed by atoms with Crippen LogP contribution in [0, 0.1) is 0 Å². The summed E-state index contributed by atoms with van der Waals surface area (Å²) in [5.41, 5.74) is 0. The van der Waals surface area contributed by atoms with Gasteiger partial charge in [-0.2, -0.15) is 4.98 Å². The van der Waals surface area contributed by atoms with Gasteiger partial charge in [0.25, 0.3) is 6.43 Å². The molecule has 2 heterocycles. The smallest absolute Gasteiger partial charge is 0.272 e. The Morgan fingerprint density at radius 2 is 2.28 bits per heavy atom. The van der Waals surface area contributed by atoms with Crippen LogP contribution in [0.5, 0.6) is 5.88 Å². The van der Waals surface area contributed by atoms with E-state index in [2.05, 4.69) is 15.3 Å². The average molecular weight is 273 g/mol. The van der Waals surface area contributed by atoms with Crippen LogP contribution in [0.25, 0.3) is 10.2 Å². The summed E-state index contributed by atoms with van der Waals surface area (Å²) in [6, 6.07) is 1.77. The van der Waals surface area contributed by atoms with Gasteiger partial charge in [-0.1, -0.05) is 6.92 Å². The third-order valence-electron chi connectivity index (χ3n) is 2.17. The molecule has 0 spiro atoms. The van der Waals surface area contributed by atoms with E-state index in [0.717, 1.165) is 17.8 Å². The van der Waals surface area contributed by atoms with Crippen LogP contribution in [-0.4, -0.2) is 29.5 Å². The lowest BCUT2D eigenvalue weighted by Gasteiger charge is -2.08. The molecular formula is C11H13F2N3OS. The maximum absolute atomic E-state index is 12.2. The molecule has 0 saturated heterocycles. The third-order valence-corrected chi connectivity index (χ3v) is 2.98. The summed E-state index contributed by atoms with van der Waals surface area (Å²) >= 11 is 1.42. The molecule has 0 amide bonds. The summed E-state index contributed by atoms with van der Waals surface area (Å²) < 4.78 is 29.4. The number of ether oxygens (including phenoxy) is 1. The lowest BCUT2D eigenvalue weighted by molar-refractivity contribution is 0.0805. The Bertz CT molecular complexity index is 518. The maximum atomic E-state index is 12.2. The second-order valence-corrected chi connectivity index (χ2v) is 4.52. The van der Waals surface area contributed by atoms with Crippen LogP contribution in [-0.2, 0) is 0 Å². The van der Waals surface area contributed by atoms with Crippen LogP contribution >= 0.6 is 11.3 Å². The summed E-state index contributed by atoms with van der Waals surface area (Å²) in [6.45, 7) is 2.09. The standard InChI is InChI=1S/C11H13F2N3OS/c1-2-4-14-11-15-9(17-6-8(12)13)7-3-5-18-10(7)16-11/h3,5,8H,2,4,6H2,1H3,(H,14,15,16). The largest absolute Gasteiger partial charge is 0.471 e. The van der Waals surface area contributed by atoms with E-state index in [1.807, 2.05) is 12.3 Å². The van der Waals surface area contributed by atoms with E-state index >= 15 is 0 Å². The lowest BCUT2D eigenvalue weighted by Crippen LogP contribution is -2.10. The van der Waals surface area contributed by atoms with Crippen molar-refractivity contribution in [3.63, 3.8) is 0 Å². The van der Waals surface area contributed by atoms with Gasteiger partial charge in [0.15, 0.2) is 6.61 Å². The maximum Gasteiger partial charge on any atom is 0.272 e. The molecule has 0 unspecified atom stereocenters. The van der Waals surface area contributed by atoms with Gasteiger partial charge in [0.1, 0.15) is 4.83 Å². The molecule has 0 aromatic carbocycles. The molecule has 2 rings (SSSR count). The number of anilines is 1. The van der Waals surface area contributed by atoms with Gasteiger partial charge in [-0.3, -0.25) is 0 Å². The van der Waals surface area contributed by atoms with E-state index in [9.17, 15) is 8.78 Å². The fraction of sp³-hybridized carbons (Fsp3) is 0.455. The Morgan fingerprint density at radius 1 is 1.44 bits per heavy atom. The quantitative estimate of drug-likeness (QED) is 0.878. The topological polar surface area (TPSA) is 47.0 Å². The van der Waals surface area contributed by atoms with Crippen LogP contribution in [0.15, 0.2) is 11.4 Å². The van der Waals surface area contributed by atoms with Crippen molar-refractivity contribution in [3.8, 4) is 5.88 Å². The van der Waals surface area contributed by atoms with E-state index in [1.54, 1.807) is 6.07 Å². The number of hydrogen-bond acceptors (Lipinski definition) is 5. The molecule has 7 heteroatoms. The minimum absolute atomic E-state index is 0.208. The number of alkyl halides is 2. The molecule has 4 nitrogen and oxygen atoms in total. The molecule has 2 aromatic heterocycles.